The minimum atomic E-state index is -1.00. The lowest BCUT2D eigenvalue weighted by atomic mass is 9.85. The Morgan fingerprint density at radius 2 is 1.65 bits per heavy atom. The first-order valence-electron chi connectivity index (χ1n) is 13.3. The Bertz CT molecular complexity index is 1090. The van der Waals surface area contributed by atoms with E-state index in [0.717, 1.165) is 43.3 Å². The van der Waals surface area contributed by atoms with Gasteiger partial charge in [-0.1, -0.05) is 0 Å². The van der Waals surface area contributed by atoms with Gasteiger partial charge < -0.3 is 14.8 Å². The number of carbonyl (C=O) groups is 4. The summed E-state index contributed by atoms with van der Waals surface area (Å²) in [5.74, 6) is -0.629. The highest BCUT2D eigenvalue weighted by atomic mass is 16.5. The molecule has 0 bridgehead atoms. The van der Waals surface area contributed by atoms with Crippen LogP contribution in [0.3, 0.4) is 0 Å². The van der Waals surface area contributed by atoms with E-state index in [2.05, 4.69) is 29.4 Å². The van der Waals surface area contributed by atoms with Crippen LogP contribution in [0, 0.1) is 5.92 Å². The van der Waals surface area contributed by atoms with E-state index < -0.39 is 29.7 Å². The van der Waals surface area contributed by atoms with Crippen LogP contribution in [-0.2, 0) is 9.59 Å². The summed E-state index contributed by atoms with van der Waals surface area (Å²) in [6.07, 6.45) is 4.39. The van der Waals surface area contributed by atoms with Crippen molar-refractivity contribution in [2.45, 2.75) is 76.6 Å². The van der Waals surface area contributed by atoms with Crippen LogP contribution in [0.2, 0.25) is 0 Å². The molecule has 0 aromatic heterocycles. The van der Waals surface area contributed by atoms with Crippen LogP contribution in [-0.4, -0.2) is 84.4 Å². The number of piperidine rings is 2. The molecule has 0 spiro atoms. The number of rotatable bonds is 8. The number of nitrogens with one attached hydrogen (secondary N) is 2. The normalized spacial score (nSPS) is 26.4. The van der Waals surface area contributed by atoms with E-state index in [0.29, 0.717) is 23.6 Å². The number of imide groups is 2. The third-order valence-corrected chi connectivity index (χ3v) is 8.15. The third-order valence-electron chi connectivity index (χ3n) is 8.15. The molecule has 3 heterocycles. The van der Waals surface area contributed by atoms with Crippen molar-refractivity contribution in [1.82, 2.24) is 20.4 Å². The Kier molecular flexibility index (Phi) is 7.22. The lowest BCUT2D eigenvalue weighted by Gasteiger charge is -2.46. The van der Waals surface area contributed by atoms with Gasteiger partial charge in [0.1, 0.15) is 12.1 Å². The number of hydrogen-bond acceptors (Lipinski definition) is 8. The van der Waals surface area contributed by atoms with Gasteiger partial charge in [0, 0.05) is 37.9 Å². The molecular formula is C27H36N4O6. The number of fused-ring (bicyclic) bond motifs is 1. The highest BCUT2D eigenvalue weighted by molar-refractivity contribution is 6.23. The first kappa shape index (κ1) is 25.7. The zero-order valence-corrected chi connectivity index (χ0v) is 21.7. The summed E-state index contributed by atoms with van der Waals surface area (Å²) in [5.41, 5.74) is 0.370. The van der Waals surface area contributed by atoms with Gasteiger partial charge in [-0.15, -0.1) is 0 Å². The van der Waals surface area contributed by atoms with Crippen molar-refractivity contribution in [3.8, 4) is 11.5 Å². The molecule has 1 atom stereocenters. The lowest BCUT2D eigenvalue weighted by Crippen LogP contribution is -2.54. The van der Waals surface area contributed by atoms with Crippen molar-refractivity contribution in [1.29, 1.82) is 0 Å². The van der Waals surface area contributed by atoms with Crippen LogP contribution >= 0.6 is 0 Å². The van der Waals surface area contributed by atoms with Gasteiger partial charge >= 0.3 is 0 Å². The van der Waals surface area contributed by atoms with Crippen molar-refractivity contribution in [3.05, 3.63) is 23.3 Å². The summed E-state index contributed by atoms with van der Waals surface area (Å²) in [5, 5.41) is 5.65. The van der Waals surface area contributed by atoms with Crippen molar-refractivity contribution in [3.63, 3.8) is 0 Å². The molecule has 1 aliphatic carbocycles. The fourth-order valence-corrected chi connectivity index (χ4v) is 5.96. The molecule has 1 unspecified atom stereocenters. The van der Waals surface area contributed by atoms with E-state index in [1.807, 2.05) is 0 Å². The third kappa shape index (κ3) is 4.96. The Morgan fingerprint density at radius 1 is 1.00 bits per heavy atom. The molecular weight excluding hydrogens is 476 g/mol. The van der Waals surface area contributed by atoms with Crippen LogP contribution < -0.4 is 20.1 Å². The average Bonchev–Trinajstić information content (AvgIpc) is 3.09. The number of benzene rings is 1. The number of hydrogen-bond donors (Lipinski definition) is 2. The maximum atomic E-state index is 13.2. The fourth-order valence-electron chi connectivity index (χ4n) is 5.96. The molecule has 200 valence electrons. The SMILES string of the molecule is COc1cc2c(cc1O[C@H]1C[C@H](N(CC3CCNCC3)C(C)C)C1)C(=O)N(C1CCC(=O)NC1=O)C2=O. The predicted octanol–water partition coefficient (Wildman–Crippen LogP) is 1.72. The topological polar surface area (TPSA) is 117 Å². The number of carbonyl (C=O) groups excluding carboxylic acids is 4. The molecule has 2 N–H and O–H groups in total. The van der Waals surface area contributed by atoms with Crippen molar-refractivity contribution >= 4 is 23.6 Å². The van der Waals surface area contributed by atoms with Gasteiger partial charge in [-0.25, -0.2) is 0 Å². The summed E-state index contributed by atoms with van der Waals surface area (Å²) in [6, 6.07) is 2.98. The maximum absolute atomic E-state index is 13.2. The Hall–Kier alpha value is -2.98. The van der Waals surface area contributed by atoms with E-state index in [9.17, 15) is 19.2 Å². The molecule has 1 saturated carbocycles. The van der Waals surface area contributed by atoms with Crippen molar-refractivity contribution in [2.75, 3.05) is 26.7 Å². The maximum Gasteiger partial charge on any atom is 0.262 e. The smallest absolute Gasteiger partial charge is 0.262 e. The predicted molar refractivity (Wildman–Crippen MR) is 135 cm³/mol. The van der Waals surface area contributed by atoms with Crippen LogP contribution in [0.5, 0.6) is 11.5 Å². The number of methoxy groups -OCH3 is 1. The van der Waals surface area contributed by atoms with E-state index in [4.69, 9.17) is 9.47 Å². The largest absolute Gasteiger partial charge is 0.493 e. The second-order valence-corrected chi connectivity index (χ2v) is 10.8. The number of nitrogens with zero attached hydrogens (tertiary/aromatic N) is 2. The second kappa shape index (κ2) is 10.4. The molecule has 2 saturated heterocycles. The molecule has 4 amide bonds. The standard InChI is InChI=1S/C27H36N4O6/c1-15(2)30(14-16-6-8-28-9-7-16)17-10-18(11-17)37-23-13-20-19(12-22(23)36-3)26(34)31(27(20)35)21-4-5-24(32)29-25(21)33/h12-13,15-18,21,28H,4-11,14H2,1-3H3,(H,29,32,33)/t17-,18-,21?. The van der Waals surface area contributed by atoms with Gasteiger partial charge in [0.15, 0.2) is 11.5 Å². The molecule has 10 nitrogen and oxygen atoms in total. The average molecular weight is 513 g/mol. The summed E-state index contributed by atoms with van der Waals surface area (Å²) in [7, 11) is 1.50. The molecule has 4 aliphatic rings. The summed E-state index contributed by atoms with van der Waals surface area (Å²) in [4.78, 5) is 53.7. The molecule has 3 aliphatic heterocycles. The van der Waals surface area contributed by atoms with Gasteiger partial charge in [0.25, 0.3) is 11.8 Å². The van der Waals surface area contributed by atoms with Gasteiger partial charge in [-0.2, -0.15) is 0 Å². The monoisotopic (exact) mass is 512 g/mol. The quantitative estimate of drug-likeness (QED) is 0.506. The van der Waals surface area contributed by atoms with E-state index in [1.54, 1.807) is 6.07 Å². The highest BCUT2D eigenvalue weighted by Gasteiger charge is 2.46. The second-order valence-electron chi connectivity index (χ2n) is 10.8. The summed E-state index contributed by atoms with van der Waals surface area (Å²) < 4.78 is 11.8. The van der Waals surface area contributed by atoms with Gasteiger partial charge in [0.2, 0.25) is 11.8 Å². The van der Waals surface area contributed by atoms with Crippen LogP contribution in [0.4, 0.5) is 0 Å². The van der Waals surface area contributed by atoms with E-state index in [1.165, 1.54) is 26.0 Å². The first-order valence-corrected chi connectivity index (χ1v) is 13.3. The first-order chi connectivity index (χ1) is 17.8. The minimum Gasteiger partial charge on any atom is -0.493 e. The van der Waals surface area contributed by atoms with Crippen LogP contribution in [0.25, 0.3) is 0 Å². The molecule has 3 fully saturated rings. The molecule has 1 aromatic rings. The Morgan fingerprint density at radius 3 is 2.24 bits per heavy atom. The summed E-state index contributed by atoms with van der Waals surface area (Å²) >= 11 is 0. The van der Waals surface area contributed by atoms with E-state index >= 15 is 0 Å². The Labute approximate surface area is 217 Å². The van der Waals surface area contributed by atoms with Gasteiger partial charge in [-0.05, 0) is 64.3 Å². The zero-order valence-electron chi connectivity index (χ0n) is 21.7. The molecule has 1 aromatic carbocycles. The minimum absolute atomic E-state index is 0.00957. The molecule has 10 heteroatoms. The van der Waals surface area contributed by atoms with Gasteiger partial charge in [-0.3, -0.25) is 34.3 Å². The van der Waals surface area contributed by atoms with Gasteiger partial charge in [0.05, 0.1) is 18.2 Å². The van der Waals surface area contributed by atoms with Crippen LogP contribution in [0.1, 0.15) is 73.1 Å². The fraction of sp³-hybridized carbons (Fsp3) is 0.630. The molecule has 5 rings (SSSR count). The van der Waals surface area contributed by atoms with Crippen molar-refractivity contribution in [2.24, 2.45) is 5.92 Å². The number of amides is 4. The lowest BCUT2D eigenvalue weighted by molar-refractivity contribution is -0.136. The molecule has 0 radical (unpaired) electrons. The Balaban J connectivity index is 1.27. The van der Waals surface area contributed by atoms with Crippen LogP contribution in [0.15, 0.2) is 12.1 Å². The van der Waals surface area contributed by atoms with E-state index in [-0.39, 0.29) is 30.1 Å². The zero-order chi connectivity index (χ0) is 26.3. The van der Waals surface area contributed by atoms with Crippen molar-refractivity contribution < 1.29 is 28.7 Å². The number of ether oxygens (including phenoxy) is 2. The highest BCUT2D eigenvalue weighted by Crippen LogP contribution is 2.40. The molecule has 37 heavy (non-hydrogen) atoms. The summed E-state index contributed by atoms with van der Waals surface area (Å²) in [6.45, 7) is 7.78.